The summed E-state index contributed by atoms with van der Waals surface area (Å²) in [5.74, 6) is 0.667. The first kappa shape index (κ1) is 9.72. The van der Waals surface area contributed by atoms with Crippen molar-refractivity contribution in [2.75, 3.05) is 0 Å². The van der Waals surface area contributed by atoms with Crippen molar-refractivity contribution >= 4 is 5.78 Å². The predicted molar refractivity (Wildman–Crippen MR) is 49.8 cm³/mol. The molecule has 2 nitrogen and oxygen atoms in total. The molecule has 70 valence electrons. The summed E-state index contributed by atoms with van der Waals surface area (Å²) in [5.41, 5.74) is 5.90. The largest absolute Gasteiger partial charge is 0.327 e. The number of carbonyl (C=O) groups is 1. The fourth-order valence-electron chi connectivity index (χ4n) is 1.94. The maximum atomic E-state index is 11.6. The minimum Gasteiger partial charge on any atom is -0.327 e. The summed E-state index contributed by atoms with van der Waals surface area (Å²) in [6.07, 6.45) is 4.42. The molecule has 0 bridgehead atoms. The van der Waals surface area contributed by atoms with Gasteiger partial charge in [0.25, 0.3) is 0 Å². The van der Waals surface area contributed by atoms with Crippen molar-refractivity contribution in [1.29, 1.82) is 0 Å². The molecule has 0 saturated heterocycles. The zero-order chi connectivity index (χ0) is 9.14. The van der Waals surface area contributed by atoms with Gasteiger partial charge in [0.1, 0.15) is 5.78 Å². The zero-order valence-electron chi connectivity index (χ0n) is 8.05. The molecule has 1 aliphatic carbocycles. The second-order valence-corrected chi connectivity index (χ2v) is 4.11. The molecule has 0 radical (unpaired) electrons. The molecule has 1 aliphatic rings. The number of ketones is 1. The van der Waals surface area contributed by atoms with E-state index >= 15 is 0 Å². The summed E-state index contributed by atoms with van der Waals surface area (Å²) in [5, 5.41) is 0. The molecular weight excluding hydrogens is 150 g/mol. The van der Waals surface area contributed by atoms with Crippen LogP contribution in [-0.2, 0) is 4.79 Å². The van der Waals surface area contributed by atoms with E-state index < -0.39 is 0 Å². The van der Waals surface area contributed by atoms with Gasteiger partial charge < -0.3 is 5.73 Å². The number of hydrogen-bond donors (Lipinski definition) is 1. The summed E-state index contributed by atoms with van der Waals surface area (Å²) in [6, 6.07) is 0.133. The molecule has 1 rings (SSSR count). The summed E-state index contributed by atoms with van der Waals surface area (Å²) in [6.45, 7) is 3.92. The maximum Gasteiger partial charge on any atom is 0.140 e. The van der Waals surface area contributed by atoms with Crippen LogP contribution in [-0.4, -0.2) is 11.8 Å². The van der Waals surface area contributed by atoms with E-state index in [1.807, 2.05) is 13.8 Å². The Morgan fingerprint density at radius 3 is 2.42 bits per heavy atom. The van der Waals surface area contributed by atoms with Gasteiger partial charge in [-0.25, -0.2) is 0 Å². The lowest BCUT2D eigenvalue weighted by Crippen LogP contribution is -2.39. The van der Waals surface area contributed by atoms with E-state index in [1.165, 1.54) is 12.8 Å². The van der Waals surface area contributed by atoms with Gasteiger partial charge in [0.15, 0.2) is 0 Å². The van der Waals surface area contributed by atoms with Gasteiger partial charge in [-0.05, 0) is 12.8 Å². The highest BCUT2D eigenvalue weighted by atomic mass is 16.1. The first-order valence-electron chi connectivity index (χ1n) is 4.92. The highest BCUT2D eigenvalue weighted by Crippen LogP contribution is 2.25. The monoisotopic (exact) mass is 169 g/mol. The third-order valence-electron chi connectivity index (χ3n) is 2.75. The number of nitrogens with two attached hydrogens (primary N) is 1. The minimum absolute atomic E-state index is 0.133. The van der Waals surface area contributed by atoms with Gasteiger partial charge in [0.2, 0.25) is 0 Å². The second kappa shape index (κ2) is 4.04. The summed E-state index contributed by atoms with van der Waals surface area (Å²) >= 11 is 0. The minimum atomic E-state index is 0.133. The molecule has 0 unspecified atom stereocenters. The molecule has 2 heteroatoms. The highest BCUT2D eigenvalue weighted by molar-refractivity contribution is 5.83. The SMILES string of the molecule is CC(C)C(=O)[C@H]1CCCC[C@@H]1N. The van der Waals surface area contributed by atoms with Crippen molar-refractivity contribution in [2.24, 2.45) is 17.6 Å². The van der Waals surface area contributed by atoms with Gasteiger partial charge in [0, 0.05) is 17.9 Å². The van der Waals surface area contributed by atoms with Crippen LogP contribution in [0.2, 0.25) is 0 Å². The average molecular weight is 169 g/mol. The maximum absolute atomic E-state index is 11.6. The summed E-state index contributed by atoms with van der Waals surface area (Å²) < 4.78 is 0. The summed E-state index contributed by atoms with van der Waals surface area (Å²) in [7, 11) is 0. The van der Waals surface area contributed by atoms with Gasteiger partial charge in [-0.2, -0.15) is 0 Å². The van der Waals surface area contributed by atoms with Crippen LogP contribution in [0.15, 0.2) is 0 Å². The second-order valence-electron chi connectivity index (χ2n) is 4.11. The third-order valence-corrected chi connectivity index (χ3v) is 2.75. The van der Waals surface area contributed by atoms with E-state index in [4.69, 9.17) is 5.73 Å². The Balaban J connectivity index is 2.53. The van der Waals surface area contributed by atoms with Crippen LogP contribution >= 0.6 is 0 Å². The van der Waals surface area contributed by atoms with Crippen molar-refractivity contribution < 1.29 is 4.79 Å². The Morgan fingerprint density at radius 1 is 1.33 bits per heavy atom. The molecule has 0 aromatic heterocycles. The average Bonchev–Trinajstić information content (AvgIpc) is 2.04. The Kier molecular flexibility index (Phi) is 3.27. The predicted octanol–water partition coefficient (Wildman–Crippen LogP) is 1.73. The van der Waals surface area contributed by atoms with E-state index in [9.17, 15) is 4.79 Å². The molecular formula is C10H19NO. The molecule has 0 aliphatic heterocycles. The van der Waals surface area contributed by atoms with Crippen LogP contribution in [0.3, 0.4) is 0 Å². The standard InChI is InChI=1S/C10H19NO/c1-7(2)10(12)8-5-3-4-6-9(8)11/h7-9H,3-6,11H2,1-2H3/t8-,9-/m0/s1. The van der Waals surface area contributed by atoms with Gasteiger partial charge in [-0.3, -0.25) is 4.79 Å². The van der Waals surface area contributed by atoms with E-state index in [0.29, 0.717) is 5.78 Å². The topological polar surface area (TPSA) is 43.1 Å². The molecule has 1 fully saturated rings. The van der Waals surface area contributed by atoms with E-state index in [-0.39, 0.29) is 17.9 Å². The lowest BCUT2D eigenvalue weighted by molar-refractivity contribution is -0.127. The zero-order valence-corrected chi connectivity index (χ0v) is 8.05. The van der Waals surface area contributed by atoms with Crippen LogP contribution in [0, 0.1) is 11.8 Å². The highest BCUT2D eigenvalue weighted by Gasteiger charge is 2.29. The van der Waals surface area contributed by atoms with Gasteiger partial charge in [-0.1, -0.05) is 26.7 Å². The Bertz CT molecular complexity index is 165. The van der Waals surface area contributed by atoms with Crippen LogP contribution in [0.5, 0.6) is 0 Å². The quantitative estimate of drug-likeness (QED) is 0.684. The van der Waals surface area contributed by atoms with Crippen LogP contribution in [0.25, 0.3) is 0 Å². The molecule has 0 amide bonds. The van der Waals surface area contributed by atoms with Crippen molar-refractivity contribution in [3.05, 3.63) is 0 Å². The van der Waals surface area contributed by atoms with E-state index in [0.717, 1.165) is 12.8 Å². The van der Waals surface area contributed by atoms with Gasteiger partial charge in [0.05, 0.1) is 0 Å². The van der Waals surface area contributed by atoms with Crippen molar-refractivity contribution in [2.45, 2.75) is 45.6 Å². The van der Waals surface area contributed by atoms with Crippen molar-refractivity contribution in [3.8, 4) is 0 Å². The lowest BCUT2D eigenvalue weighted by atomic mass is 9.79. The number of carbonyl (C=O) groups excluding carboxylic acids is 1. The van der Waals surface area contributed by atoms with Crippen LogP contribution < -0.4 is 5.73 Å². The normalized spacial score (nSPS) is 30.7. The smallest absolute Gasteiger partial charge is 0.140 e. The Labute approximate surface area is 74.5 Å². The van der Waals surface area contributed by atoms with Crippen LogP contribution in [0.1, 0.15) is 39.5 Å². The molecule has 2 N–H and O–H groups in total. The Morgan fingerprint density at radius 2 is 1.92 bits per heavy atom. The molecule has 0 aromatic carbocycles. The molecule has 1 saturated carbocycles. The van der Waals surface area contributed by atoms with E-state index in [1.54, 1.807) is 0 Å². The molecule has 12 heavy (non-hydrogen) atoms. The number of Topliss-reactive ketones (excluding diaryl/α,β-unsaturated/α-hetero) is 1. The Hall–Kier alpha value is -0.370. The van der Waals surface area contributed by atoms with Gasteiger partial charge in [-0.15, -0.1) is 0 Å². The van der Waals surface area contributed by atoms with Crippen molar-refractivity contribution in [1.82, 2.24) is 0 Å². The van der Waals surface area contributed by atoms with Crippen molar-refractivity contribution in [3.63, 3.8) is 0 Å². The molecule has 0 heterocycles. The van der Waals surface area contributed by atoms with E-state index in [2.05, 4.69) is 0 Å². The first-order valence-corrected chi connectivity index (χ1v) is 4.92. The fraction of sp³-hybridized carbons (Fsp3) is 0.900. The van der Waals surface area contributed by atoms with Gasteiger partial charge >= 0.3 is 0 Å². The molecule has 0 spiro atoms. The third kappa shape index (κ3) is 2.07. The van der Waals surface area contributed by atoms with Crippen LogP contribution in [0.4, 0.5) is 0 Å². The summed E-state index contributed by atoms with van der Waals surface area (Å²) in [4.78, 5) is 11.6. The first-order chi connectivity index (χ1) is 5.63. The number of rotatable bonds is 2. The fourth-order valence-corrected chi connectivity index (χ4v) is 1.94. The molecule has 2 atom stereocenters. The lowest BCUT2D eigenvalue weighted by Gasteiger charge is -2.28. The molecule has 0 aromatic rings. The number of hydrogen-bond acceptors (Lipinski definition) is 2.